The molecule has 0 saturated carbocycles. The normalized spacial score (nSPS) is 14.3. The Balaban J connectivity index is 0.00000272. The summed E-state index contributed by atoms with van der Waals surface area (Å²) in [6, 6.07) is 13.5. The predicted molar refractivity (Wildman–Crippen MR) is 128 cm³/mol. The van der Waals surface area contributed by atoms with Crippen LogP contribution in [-0.4, -0.2) is 62.3 Å². The van der Waals surface area contributed by atoms with E-state index < -0.39 is 0 Å². The van der Waals surface area contributed by atoms with Gasteiger partial charge < -0.3 is 9.47 Å². The number of benzene rings is 2. The first kappa shape index (κ1) is 23.5. The number of nitrogens with zero attached hydrogens (tertiary/aromatic N) is 3. The Bertz CT molecular complexity index is 1000. The molecule has 1 saturated heterocycles. The number of ether oxygens (including phenoxy) is 2. The van der Waals surface area contributed by atoms with Crippen LogP contribution in [0.4, 0.5) is 5.13 Å². The van der Waals surface area contributed by atoms with Crippen LogP contribution in [0, 0.1) is 6.92 Å². The summed E-state index contributed by atoms with van der Waals surface area (Å²) < 4.78 is 11.8. The van der Waals surface area contributed by atoms with E-state index in [1.807, 2.05) is 35.2 Å². The van der Waals surface area contributed by atoms with Crippen molar-refractivity contribution in [2.24, 2.45) is 0 Å². The van der Waals surface area contributed by atoms with Gasteiger partial charge in [-0.1, -0.05) is 17.4 Å². The van der Waals surface area contributed by atoms with Crippen LogP contribution in [-0.2, 0) is 4.74 Å². The summed E-state index contributed by atoms with van der Waals surface area (Å²) in [4.78, 5) is 22.4. The fourth-order valence-corrected chi connectivity index (χ4v) is 4.67. The molecule has 1 aliphatic rings. The molecular formula is C23H28ClN3O3S. The summed E-state index contributed by atoms with van der Waals surface area (Å²) in [5.74, 6) is 0.705. The van der Waals surface area contributed by atoms with Gasteiger partial charge in [0.1, 0.15) is 5.75 Å². The molecule has 0 spiro atoms. The van der Waals surface area contributed by atoms with Crippen molar-refractivity contribution in [2.75, 3.05) is 51.4 Å². The van der Waals surface area contributed by atoms with Gasteiger partial charge in [0, 0.05) is 31.7 Å². The van der Waals surface area contributed by atoms with Crippen LogP contribution in [0.5, 0.6) is 5.75 Å². The fourth-order valence-electron chi connectivity index (χ4n) is 3.59. The van der Waals surface area contributed by atoms with Crippen molar-refractivity contribution in [2.45, 2.75) is 13.3 Å². The Kier molecular flexibility index (Phi) is 8.26. The maximum absolute atomic E-state index is 13.4. The summed E-state index contributed by atoms with van der Waals surface area (Å²) in [5.41, 5.74) is 2.76. The number of anilines is 1. The Morgan fingerprint density at radius 3 is 2.65 bits per heavy atom. The van der Waals surface area contributed by atoms with E-state index in [0.717, 1.165) is 60.4 Å². The lowest BCUT2D eigenvalue weighted by Gasteiger charge is -2.27. The number of carbonyl (C=O) groups is 1. The van der Waals surface area contributed by atoms with E-state index in [1.54, 1.807) is 18.4 Å². The monoisotopic (exact) mass is 461 g/mol. The van der Waals surface area contributed by atoms with Crippen LogP contribution in [0.3, 0.4) is 0 Å². The number of aryl methyl sites for hydroxylation is 1. The number of methoxy groups -OCH3 is 1. The topological polar surface area (TPSA) is 54.9 Å². The quantitative estimate of drug-likeness (QED) is 0.521. The highest BCUT2D eigenvalue weighted by Gasteiger charge is 2.22. The maximum atomic E-state index is 13.4. The largest absolute Gasteiger partial charge is 0.497 e. The van der Waals surface area contributed by atoms with Crippen molar-refractivity contribution in [1.82, 2.24) is 9.88 Å². The van der Waals surface area contributed by atoms with Crippen molar-refractivity contribution in [3.8, 4) is 5.75 Å². The summed E-state index contributed by atoms with van der Waals surface area (Å²) >= 11 is 1.57. The van der Waals surface area contributed by atoms with Crippen molar-refractivity contribution in [1.29, 1.82) is 0 Å². The number of carbonyl (C=O) groups excluding carboxylic acids is 1. The second-order valence-electron chi connectivity index (χ2n) is 7.46. The summed E-state index contributed by atoms with van der Waals surface area (Å²) in [6.07, 6.45) is 0.886. The minimum Gasteiger partial charge on any atom is -0.497 e. The number of hydrogen-bond acceptors (Lipinski definition) is 6. The Morgan fingerprint density at radius 1 is 1.19 bits per heavy atom. The van der Waals surface area contributed by atoms with Crippen LogP contribution < -0.4 is 9.64 Å². The van der Waals surface area contributed by atoms with Gasteiger partial charge in [0.25, 0.3) is 5.91 Å². The number of aromatic nitrogens is 1. The molecule has 0 N–H and O–H groups in total. The average Bonchev–Trinajstić information content (AvgIpc) is 3.20. The Hall–Kier alpha value is -2.19. The van der Waals surface area contributed by atoms with Crippen molar-refractivity contribution >= 4 is 45.0 Å². The molecule has 2 heterocycles. The van der Waals surface area contributed by atoms with Crippen LogP contribution in [0.15, 0.2) is 42.5 Å². The van der Waals surface area contributed by atoms with Gasteiger partial charge in [-0.2, -0.15) is 0 Å². The predicted octanol–water partition coefficient (Wildman–Crippen LogP) is 4.40. The number of halogens is 1. The molecule has 166 valence electrons. The van der Waals surface area contributed by atoms with Gasteiger partial charge in [-0.3, -0.25) is 14.6 Å². The van der Waals surface area contributed by atoms with E-state index >= 15 is 0 Å². The first-order valence-electron chi connectivity index (χ1n) is 10.3. The van der Waals surface area contributed by atoms with Crippen LogP contribution in [0.25, 0.3) is 10.2 Å². The minimum absolute atomic E-state index is 0. The van der Waals surface area contributed by atoms with Gasteiger partial charge in [-0.15, -0.1) is 12.4 Å². The molecule has 0 atom stereocenters. The van der Waals surface area contributed by atoms with Gasteiger partial charge in [-0.25, -0.2) is 4.98 Å². The van der Waals surface area contributed by atoms with Crippen molar-refractivity contribution in [3.63, 3.8) is 0 Å². The van der Waals surface area contributed by atoms with Gasteiger partial charge in [0.05, 0.1) is 30.5 Å². The molecule has 31 heavy (non-hydrogen) atoms. The highest BCUT2D eigenvalue weighted by molar-refractivity contribution is 7.22. The molecular weight excluding hydrogens is 434 g/mol. The van der Waals surface area contributed by atoms with Crippen LogP contribution in [0.2, 0.25) is 0 Å². The number of amides is 1. The molecule has 1 aromatic heterocycles. The second-order valence-corrected chi connectivity index (χ2v) is 8.47. The molecule has 0 radical (unpaired) electrons. The van der Waals surface area contributed by atoms with E-state index in [-0.39, 0.29) is 18.3 Å². The third kappa shape index (κ3) is 5.74. The third-order valence-corrected chi connectivity index (χ3v) is 6.35. The standard InChI is InChI=1S/C23H27N3O3S.ClH/c1-17-4-9-20-21(16-17)30-23(24-20)26(11-3-10-25-12-14-29-15-13-25)22(27)18-5-7-19(28-2)8-6-18;/h4-9,16H,3,10-15H2,1-2H3;1H. The number of thiazole rings is 1. The lowest BCUT2D eigenvalue weighted by molar-refractivity contribution is 0.0376. The van der Waals surface area contributed by atoms with E-state index in [0.29, 0.717) is 12.1 Å². The SMILES string of the molecule is COc1ccc(C(=O)N(CCCN2CCOCC2)c2nc3ccc(C)cc3s2)cc1.Cl. The van der Waals surface area contributed by atoms with Crippen LogP contribution in [0.1, 0.15) is 22.3 Å². The highest BCUT2D eigenvalue weighted by Crippen LogP contribution is 2.31. The first-order chi connectivity index (χ1) is 14.6. The summed E-state index contributed by atoms with van der Waals surface area (Å²) in [5, 5.41) is 0.749. The average molecular weight is 462 g/mol. The van der Waals surface area contributed by atoms with Gasteiger partial charge in [0.15, 0.2) is 5.13 Å². The molecule has 1 fully saturated rings. The molecule has 2 aromatic carbocycles. The number of fused-ring (bicyclic) bond motifs is 1. The lowest BCUT2D eigenvalue weighted by atomic mass is 10.2. The smallest absolute Gasteiger partial charge is 0.260 e. The minimum atomic E-state index is -0.0320. The molecule has 1 amide bonds. The summed E-state index contributed by atoms with van der Waals surface area (Å²) in [6.45, 7) is 7.11. The number of rotatable bonds is 7. The number of morpholine rings is 1. The molecule has 4 rings (SSSR count). The van der Waals surface area contributed by atoms with Crippen molar-refractivity contribution in [3.05, 3.63) is 53.6 Å². The number of hydrogen-bond donors (Lipinski definition) is 0. The first-order valence-corrected chi connectivity index (χ1v) is 11.1. The zero-order valence-electron chi connectivity index (χ0n) is 17.9. The second kappa shape index (κ2) is 10.9. The highest BCUT2D eigenvalue weighted by atomic mass is 35.5. The van der Waals surface area contributed by atoms with Gasteiger partial charge in [-0.05, 0) is 55.3 Å². The molecule has 3 aromatic rings. The van der Waals surface area contributed by atoms with Crippen LogP contribution >= 0.6 is 23.7 Å². The Labute approximate surface area is 193 Å². The summed E-state index contributed by atoms with van der Waals surface area (Å²) in [7, 11) is 1.62. The molecule has 1 aliphatic heterocycles. The zero-order valence-corrected chi connectivity index (χ0v) is 19.5. The fraction of sp³-hybridized carbons (Fsp3) is 0.391. The van der Waals surface area contributed by atoms with Gasteiger partial charge in [0.2, 0.25) is 0 Å². The van der Waals surface area contributed by atoms with E-state index in [4.69, 9.17) is 14.5 Å². The zero-order chi connectivity index (χ0) is 20.9. The van der Waals surface area contributed by atoms with E-state index in [9.17, 15) is 4.79 Å². The molecule has 0 unspecified atom stereocenters. The molecule has 0 bridgehead atoms. The lowest BCUT2D eigenvalue weighted by Crippen LogP contribution is -2.39. The molecule has 0 aliphatic carbocycles. The van der Waals surface area contributed by atoms with Gasteiger partial charge >= 0.3 is 0 Å². The van der Waals surface area contributed by atoms with Crippen molar-refractivity contribution < 1.29 is 14.3 Å². The van der Waals surface area contributed by atoms with E-state index in [1.165, 1.54) is 5.56 Å². The molecule has 6 nitrogen and oxygen atoms in total. The maximum Gasteiger partial charge on any atom is 0.260 e. The Morgan fingerprint density at radius 2 is 1.94 bits per heavy atom. The molecule has 8 heteroatoms. The van der Waals surface area contributed by atoms with E-state index in [2.05, 4.69) is 24.0 Å². The third-order valence-electron chi connectivity index (χ3n) is 5.31.